The van der Waals surface area contributed by atoms with Crippen LogP contribution in [0.3, 0.4) is 0 Å². The van der Waals surface area contributed by atoms with Crippen molar-refractivity contribution < 1.29 is 28.6 Å². The van der Waals surface area contributed by atoms with Gasteiger partial charge in [-0.3, -0.25) is 14.5 Å². The Bertz CT molecular complexity index is 1320. The van der Waals surface area contributed by atoms with Gasteiger partial charge in [0, 0.05) is 36.1 Å². The summed E-state index contributed by atoms with van der Waals surface area (Å²) in [6.45, 7) is 2.00. The number of hydrogen-bond donors (Lipinski definition) is 2. The fourth-order valence-corrected chi connectivity index (χ4v) is 4.79. The third kappa shape index (κ3) is 4.26. The van der Waals surface area contributed by atoms with Crippen molar-refractivity contribution in [3.63, 3.8) is 0 Å². The van der Waals surface area contributed by atoms with Crippen molar-refractivity contribution in [2.45, 2.75) is 25.3 Å². The second-order valence-corrected chi connectivity index (χ2v) is 8.81. The molecule has 2 atom stereocenters. The molecule has 7 nitrogen and oxygen atoms in total. The summed E-state index contributed by atoms with van der Waals surface area (Å²) in [5.41, 5.74) is -0.269. The van der Waals surface area contributed by atoms with E-state index in [1.807, 2.05) is 11.9 Å². The van der Waals surface area contributed by atoms with Crippen molar-refractivity contribution in [3.8, 4) is 22.8 Å². The third-order valence-electron chi connectivity index (χ3n) is 5.92. The second kappa shape index (κ2) is 8.85. The molecule has 4 rings (SSSR count). The molecule has 2 heterocycles. The molecule has 0 amide bonds. The number of carbonyl (C=O) groups is 1. The average molecular weight is 496 g/mol. The first-order valence-corrected chi connectivity index (χ1v) is 10.8. The highest BCUT2D eigenvalue weighted by Gasteiger charge is 2.38. The van der Waals surface area contributed by atoms with E-state index < -0.39 is 23.0 Å². The van der Waals surface area contributed by atoms with E-state index in [1.165, 1.54) is 13.0 Å². The number of nitrogens with zero attached hydrogens (tertiary/aromatic N) is 1. The molecule has 1 saturated heterocycles. The van der Waals surface area contributed by atoms with Crippen molar-refractivity contribution >= 4 is 40.1 Å². The lowest BCUT2D eigenvalue weighted by atomic mass is 9.89. The number of phenolic OH excluding ortho intramolecular Hbond substituents is 2. The molecule has 0 saturated carbocycles. The van der Waals surface area contributed by atoms with Gasteiger partial charge in [-0.25, -0.2) is 4.39 Å². The summed E-state index contributed by atoms with van der Waals surface area (Å²) in [6, 6.07) is 4.11. The lowest BCUT2D eigenvalue weighted by Crippen LogP contribution is -2.33. The highest BCUT2D eigenvalue weighted by atomic mass is 35.5. The normalized spacial score (nSPS) is 18.7. The van der Waals surface area contributed by atoms with Crippen LogP contribution in [0.4, 0.5) is 4.39 Å². The Kier molecular flexibility index (Phi) is 6.26. The summed E-state index contributed by atoms with van der Waals surface area (Å²) in [5, 5.41) is 20.9. The second-order valence-electron chi connectivity index (χ2n) is 8.00. The molecular formula is C23H20Cl2FNO6. The number of likely N-dealkylation sites (N-methyl/N-ethyl adjacent to an activating group) is 1. The molecule has 2 N–H and O–H groups in total. The van der Waals surface area contributed by atoms with Gasteiger partial charge in [0.05, 0.1) is 16.1 Å². The first-order valence-electron chi connectivity index (χ1n) is 10.1. The van der Waals surface area contributed by atoms with E-state index in [0.29, 0.717) is 13.0 Å². The number of fused-ring (bicyclic) bond motifs is 1. The molecule has 1 fully saturated rings. The molecule has 3 aromatic rings. The molecule has 2 aromatic carbocycles. The van der Waals surface area contributed by atoms with Gasteiger partial charge in [0.15, 0.2) is 5.43 Å². The Morgan fingerprint density at radius 1 is 1.21 bits per heavy atom. The molecule has 0 aliphatic carbocycles. The van der Waals surface area contributed by atoms with Crippen LogP contribution in [0.2, 0.25) is 10.0 Å². The zero-order valence-electron chi connectivity index (χ0n) is 17.7. The van der Waals surface area contributed by atoms with Crippen LogP contribution < -0.4 is 5.43 Å². The molecule has 0 unspecified atom stereocenters. The van der Waals surface area contributed by atoms with Crippen LogP contribution in [0.5, 0.6) is 11.5 Å². The number of halogens is 3. The smallest absolute Gasteiger partial charge is 0.302 e. The van der Waals surface area contributed by atoms with Crippen LogP contribution in [-0.2, 0) is 9.53 Å². The first-order chi connectivity index (χ1) is 15.6. The van der Waals surface area contributed by atoms with Crippen LogP contribution in [0.1, 0.15) is 24.8 Å². The van der Waals surface area contributed by atoms with Gasteiger partial charge in [0.1, 0.15) is 40.7 Å². The van der Waals surface area contributed by atoms with Crippen LogP contribution >= 0.6 is 23.2 Å². The molecule has 1 aromatic heterocycles. The Morgan fingerprint density at radius 3 is 2.64 bits per heavy atom. The summed E-state index contributed by atoms with van der Waals surface area (Å²) >= 11 is 12.0. The Balaban J connectivity index is 1.95. The maximum absolute atomic E-state index is 14.1. The molecule has 0 spiro atoms. The summed E-state index contributed by atoms with van der Waals surface area (Å²) < 4.78 is 25.3. The number of aromatic hydroxyl groups is 2. The fourth-order valence-electron chi connectivity index (χ4n) is 4.31. The minimum absolute atomic E-state index is 0.0467. The quantitative estimate of drug-likeness (QED) is 0.400. The van der Waals surface area contributed by atoms with Crippen molar-refractivity contribution in [1.29, 1.82) is 0 Å². The van der Waals surface area contributed by atoms with Crippen LogP contribution in [0.15, 0.2) is 33.5 Å². The van der Waals surface area contributed by atoms with E-state index in [2.05, 4.69) is 0 Å². The summed E-state index contributed by atoms with van der Waals surface area (Å²) in [5.74, 6) is -2.36. The summed E-state index contributed by atoms with van der Waals surface area (Å²) in [7, 11) is 1.85. The molecule has 0 radical (unpaired) electrons. The SMILES string of the molecule is CC(=O)OC[C@@H]1[C@@H](c2c(O)cc(O)c3c(=O)cc(-c4cc(F)c(Cl)cc4Cl)oc23)CCN1C. The van der Waals surface area contributed by atoms with Gasteiger partial charge >= 0.3 is 5.97 Å². The number of ether oxygens (including phenoxy) is 1. The number of carbonyl (C=O) groups excluding carboxylic acids is 1. The zero-order chi connectivity index (χ0) is 24.0. The monoisotopic (exact) mass is 495 g/mol. The Hall–Kier alpha value is -2.81. The number of likely N-dealkylation sites (tertiary alicyclic amines) is 1. The number of hydrogen-bond acceptors (Lipinski definition) is 7. The van der Waals surface area contributed by atoms with Crippen molar-refractivity contribution in [2.75, 3.05) is 20.2 Å². The molecule has 10 heteroatoms. The molecule has 33 heavy (non-hydrogen) atoms. The topological polar surface area (TPSA) is 100 Å². The van der Waals surface area contributed by atoms with Crippen molar-refractivity contribution in [2.24, 2.45) is 0 Å². The van der Waals surface area contributed by atoms with Gasteiger partial charge in [-0.05, 0) is 32.1 Å². The Morgan fingerprint density at radius 2 is 1.94 bits per heavy atom. The van der Waals surface area contributed by atoms with Gasteiger partial charge < -0.3 is 19.4 Å². The number of rotatable bonds is 4. The fraction of sp³-hybridized carbons (Fsp3) is 0.304. The van der Waals surface area contributed by atoms with Gasteiger partial charge in [0.25, 0.3) is 0 Å². The van der Waals surface area contributed by atoms with Crippen LogP contribution in [0, 0.1) is 5.82 Å². The number of phenols is 2. The lowest BCUT2D eigenvalue weighted by molar-refractivity contribution is -0.142. The number of esters is 1. The van der Waals surface area contributed by atoms with Gasteiger partial charge in [-0.2, -0.15) is 0 Å². The van der Waals surface area contributed by atoms with Crippen LogP contribution in [-0.4, -0.2) is 47.3 Å². The maximum Gasteiger partial charge on any atom is 0.302 e. The van der Waals surface area contributed by atoms with E-state index in [-0.39, 0.29) is 62.2 Å². The average Bonchev–Trinajstić information content (AvgIpc) is 3.08. The molecule has 174 valence electrons. The van der Waals surface area contributed by atoms with Gasteiger partial charge in [0.2, 0.25) is 0 Å². The third-order valence-corrected chi connectivity index (χ3v) is 6.53. The van der Waals surface area contributed by atoms with Crippen molar-refractivity contribution in [1.82, 2.24) is 4.90 Å². The molecule has 1 aliphatic rings. The van der Waals surface area contributed by atoms with Crippen LogP contribution in [0.25, 0.3) is 22.3 Å². The highest BCUT2D eigenvalue weighted by molar-refractivity contribution is 6.36. The summed E-state index contributed by atoms with van der Waals surface area (Å²) in [6.07, 6.45) is 0.570. The molecule has 0 bridgehead atoms. The zero-order valence-corrected chi connectivity index (χ0v) is 19.2. The predicted octanol–water partition coefficient (Wildman–Crippen LogP) is 4.67. The minimum atomic E-state index is -0.753. The Labute approximate surface area is 197 Å². The van der Waals surface area contributed by atoms with E-state index in [9.17, 15) is 24.2 Å². The van der Waals surface area contributed by atoms with E-state index in [4.69, 9.17) is 32.4 Å². The molecular weight excluding hydrogens is 476 g/mol. The maximum atomic E-state index is 14.1. The standard InChI is InChI=1S/C23H20Cl2FNO6/c1-10(28)32-9-16-11(3-4-27(16)2)21-17(29)7-18(30)22-19(31)8-20(33-23(21)22)12-5-15(26)14(25)6-13(12)24/h5-8,11,16,29-30H,3-4,9H2,1-2H3/t11-,16+/m0/s1. The minimum Gasteiger partial charge on any atom is -0.507 e. The van der Waals surface area contributed by atoms with E-state index >= 15 is 0 Å². The number of benzene rings is 2. The first kappa shape index (κ1) is 23.4. The predicted molar refractivity (Wildman–Crippen MR) is 122 cm³/mol. The highest BCUT2D eigenvalue weighted by Crippen LogP contribution is 2.45. The van der Waals surface area contributed by atoms with E-state index in [0.717, 1.165) is 18.2 Å². The van der Waals surface area contributed by atoms with E-state index in [1.54, 1.807) is 0 Å². The largest absolute Gasteiger partial charge is 0.507 e. The summed E-state index contributed by atoms with van der Waals surface area (Å²) in [4.78, 5) is 26.3. The van der Waals surface area contributed by atoms with Gasteiger partial charge in [-0.1, -0.05) is 23.2 Å². The molecule has 1 aliphatic heterocycles. The van der Waals surface area contributed by atoms with Crippen molar-refractivity contribution in [3.05, 3.63) is 55.9 Å². The van der Waals surface area contributed by atoms with Gasteiger partial charge in [-0.15, -0.1) is 0 Å². The lowest BCUT2D eigenvalue weighted by Gasteiger charge is -2.25.